The van der Waals surface area contributed by atoms with Gasteiger partial charge in [-0.3, -0.25) is 9.63 Å². The van der Waals surface area contributed by atoms with Gasteiger partial charge in [0, 0.05) is 7.05 Å². The second-order valence-corrected chi connectivity index (χ2v) is 3.68. The molecular formula is C12H17NO2. The van der Waals surface area contributed by atoms with Crippen LogP contribution in [0.1, 0.15) is 16.7 Å². The molecule has 0 N–H and O–H groups in total. The number of hydroxylamine groups is 2. The van der Waals surface area contributed by atoms with Crippen LogP contribution < -0.4 is 0 Å². The molecule has 3 nitrogen and oxygen atoms in total. The lowest BCUT2D eigenvalue weighted by Crippen LogP contribution is -2.27. The molecule has 0 heterocycles. The van der Waals surface area contributed by atoms with Crippen LogP contribution in [0.3, 0.4) is 0 Å². The van der Waals surface area contributed by atoms with E-state index >= 15 is 0 Å². The van der Waals surface area contributed by atoms with Crippen molar-refractivity contribution in [3.05, 3.63) is 34.9 Å². The summed E-state index contributed by atoms with van der Waals surface area (Å²) in [5.74, 6) is -0.0359. The molecule has 0 bridgehead atoms. The van der Waals surface area contributed by atoms with E-state index in [1.807, 2.05) is 32.0 Å². The van der Waals surface area contributed by atoms with Crippen LogP contribution in [0.25, 0.3) is 0 Å². The van der Waals surface area contributed by atoms with Crippen LogP contribution in [0.4, 0.5) is 0 Å². The van der Waals surface area contributed by atoms with Crippen molar-refractivity contribution in [1.29, 1.82) is 0 Å². The molecule has 0 aliphatic rings. The van der Waals surface area contributed by atoms with E-state index in [0.717, 1.165) is 11.1 Å². The molecule has 0 spiro atoms. The average Bonchev–Trinajstić information content (AvgIpc) is 2.22. The van der Waals surface area contributed by atoms with E-state index < -0.39 is 0 Å². The lowest BCUT2D eigenvalue weighted by molar-refractivity contribution is -0.167. The van der Waals surface area contributed by atoms with E-state index in [-0.39, 0.29) is 5.91 Å². The Morgan fingerprint density at radius 2 is 2.07 bits per heavy atom. The predicted octanol–water partition coefficient (Wildman–Crippen LogP) is 1.87. The molecule has 0 saturated heterocycles. The zero-order chi connectivity index (χ0) is 11.4. The highest BCUT2D eigenvalue weighted by Gasteiger charge is 2.10. The molecule has 0 unspecified atom stereocenters. The molecule has 0 atom stereocenters. The van der Waals surface area contributed by atoms with Gasteiger partial charge in [-0.25, -0.2) is 5.06 Å². The van der Waals surface area contributed by atoms with E-state index in [4.69, 9.17) is 4.84 Å². The molecule has 0 aromatic heterocycles. The standard InChI is InChI=1S/C12H17NO2/c1-9-5-6-10(2)11(7-9)8-12(14)13(3)15-4/h5-7H,8H2,1-4H3. The number of nitrogens with zero attached hydrogens (tertiary/aromatic N) is 1. The van der Waals surface area contributed by atoms with E-state index in [1.54, 1.807) is 7.05 Å². The smallest absolute Gasteiger partial charge is 0.250 e. The summed E-state index contributed by atoms with van der Waals surface area (Å²) < 4.78 is 0. The van der Waals surface area contributed by atoms with Crippen molar-refractivity contribution in [2.75, 3.05) is 14.2 Å². The van der Waals surface area contributed by atoms with Crippen molar-refractivity contribution < 1.29 is 9.63 Å². The van der Waals surface area contributed by atoms with Gasteiger partial charge < -0.3 is 0 Å². The number of likely N-dealkylation sites (N-methyl/N-ethyl adjacent to an activating group) is 1. The Kier molecular flexibility index (Phi) is 3.86. The van der Waals surface area contributed by atoms with Crippen molar-refractivity contribution in [3.8, 4) is 0 Å². The van der Waals surface area contributed by atoms with Crippen molar-refractivity contribution in [1.82, 2.24) is 5.06 Å². The number of aryl methyl sites for hydroxylation is 2. The maximum Gasteiger partial charge on any atom is 0.250 e. The van der Waals surface area contributed by atoms with Crippen LogP contribution in [-0.4, -0.2) is 25.1 Å². The van der Waals surface area contributed by atoms with Gasteiger partial charge in [-0.2, -0.15) is 0 Å². The predicted molar refractivity (Wildman–Crippen MR) is 59.4 cm³/mol. The van der Waals surface area contributed by atoms with Crippen molar-refractivity contribution in [3.63, 3.8) is 0 Å². The number of hydrogen-bond acceptors (Lipinski definition) is 2. The molecule has 1 amide bonds. The molecule has 1 aromatic carbocycles. The Morgan fingerprint density at radius 3 is 2.67 bits per heavy atom. The van der Waals surface area contributed by atoms with Crippen molar-refractivity contribution >= 4 is 5.91 Å². The fraction of sp³-hybridized carbons (Fsp3) is 0.417. The summed E-state index contributed by atoms with van der Waals surface area (Å²) in [6, 6.07) is 6.12. The molecular weight excluding hydrogens is 190 g/mol. The summed E-state index contributed by atoms with van der Waals surface area (Å²) >= 11 is 0. The van der Waals surface area contributed by atoms with Gasteiger partial charge in [-0.15, -0.1) is 0 Å². The molecule has 1 rings (SSSR count). The Balaban J connectivity index is 2.80. The Bertz CT molecular complexity index is 361. The van der Waals surface area contributed by atoms with E-state index in [1.165, 1.54) is 17.7 Å². The molecule has 0 aliphatic heterocycles. The van der Waals surface area contributed by atoms with Gasteiger partial charge in [0.2, 0.25) is 5.91 Å². The molecule has 0 fully saturated rings. The molecule has 1 aromatic rings. The maximum absolute atomic E-state index is 11.6. The topological polar surface area (TPSA) is 29.5 Å². The number of benzene rings is 1. The molecule has 82 valence electrons. The van der Waals surface area contributed by atoms with Crippen LogP contribution in [0, 0.1) is 13.8 Å². The van der Waals surface area contributed by atoms with Gasteiger partial charge in [-0.05, 0) is 25.0 Å². The number of carbonyl (C=O) groups excluding carboxylic acids is 1. The third-order valence-corrected chi connectivity index (χ3v) is 2.47. The van der Waals surface area contributed by atoms with E-state index in [0.29, 0.717) is 6.42 Å². The number of rotatable bonds is 3. The van der Waals surface area contributed by atoms with Gasteiger partial charge in [0.15, 0.2) is 0 Å². The van der Waals surface area contributed by atoms with E-state index in [9.17, 15) is 4.79 Å². The van der Waals surface area contributed by atoms with Gasteiger partial charge in [0.25, 0.3) is 0 Å². The zero-order valence-corrected chi connectivity index (χ0v) is 9.70. The number of carbonyl (C=O) groups is 1. The molecule has 15 heavy (non-hydrogen) atoms. The summed E-state index contributed by atoms with van der Waals surface area (Å²) in [6.07, 6.45) is 0.387. The quantitative estimate of drug-likeness (QED) is 0.708. The second-order valence-electron chi connectivity index (χ2n) is 3.68. The average molecular weight is 207 g/mol. The highest BCUT2D eigenvalue weighted by molar-refractivity contribution is 5.77. The Hall–Kier alpha value is -1.35. The molecule has 3 heteroatoms. The van der Waals surface area contributed by atoms with Gasteiger partial charge >= 0.3 is 0 Å². The van der Waals surface area contributed by atoms with Crippen LogP contribution in [0.5, 0.6) is 0 Å². The largest absolute Gasteiger partial charge is 0.275 e. The number of hydrogen-bond donors (Lipinski definition) is 0. The van der Waals surface area contributed by atoms with Gasteiger partial charge in [-0.1, -0.05) is 23.8 Å². The summed E-state index contributed by atoms with van der Waals surface area (Å²) in [5.41, 5.74) is 3.37. The highest BCUT2D eigenvalue weighted by Crippen LogP contribution is 2.12. The Labute approximate surface area is 90.6 Å². The van der Waals surface area contributed by atoms with Crippen LogP contribution >= 0.6 is 0 Å². The fourth-order valence-corrected chi connectivity index (χ4v) is 1.37. The minimum Gasteiger partial charge on any atom is -0.275 e. The summed E-state index contributed by atoms with van der Waals surface area (Å²) in [7, 11) is 3.11. The van der Waals surface area contributed by atoms with Gasteiger partial charge in [0.1, 0.15) is 0 Å². The summed E-state index contributed by atoms with van der Waals surface area (Å²) in [6.45, 7) is 4.03. The first-order chi connectivity index (χ1) is 7.04. The highest BCUT2D eigenvalue weighted by atomic mass is 16.7. The van der Waals surface area contributed by atoms with Crippen molar-refractivity contribution in [2.45, 2.75) is 20.3 Å². The first kappa shape index (κ1) is 11.7. The third kappa shape index (κ3) is 3.06. The van der Waals surface area contributed by atoms with E-state index in [2.05, 4.69) is 0 Å². The third-order valence-electron chi connectivity index (χ3n) is 2.47. The fourth-order valence-electron chi connectivity index (χ4n) is 1.37. The van der Waals surface area contributed by atoms with Crippen molar-refractivity contribution in [2.24, 2.45) is 0 Å². The van der Waals surface area contributed by atoms with Crippen LogP contribution in [0.15, 0.2) is 18.2 Å². The monoisotopic (exact) mass is 207 g/mol. The minimum absolute atomic E-state index is 0.0359. The molecule has 0 radical (unpaired) electrons. The second kappa shape index (κ2) is 4.94. The Morgan fingerprint density at radius 1 is 1.40 bits per heavy atom. The van der Waals surface area contributed by atoms with Crippen LogP contribution in [-0.2, 0) is 16.1 Å². The number of amides is 1. The SMILES string of the molecule is CON(C)C(=O)Cc1cc(C)ccc1C. The zero-order valence-electron chi connectivity index (χ0n) is 9.70. The first-order valence-electron chi connectivity index (χ1n) is 4.91. The lowest BCUT2D eigenvalue weighted by Gasteiger charge is -2.14. The molecule has 0 saturated carbocycles. The van der Waals surface area contributed by atoms with Crippen LogP contribution in [0.2, 0.25) is 0 Å². The summed E-state index contributed by atoms with van der Waals surface area (Å²) in [4.78, 5) is 16.4. The molecule has 0 aliphatic carbocycles. The summed E-state index contributed by atoms with van der Waals surface area (Å²) in [5, 5.41) is 1.25. The maximum atomic E-state index is 11.6. The minimum atomic E-state index is -0.0359. The normalized spacial score (nSPS) is 10.1. The first-order valence-corrected chi connectivity index (χ1v) is 4.91. The van der Waals surface area contributed by atoms with Gasteiger partial charge in [0.05, 0.1) is 13.5 Å². The lowest BCUT2D eigenvalue weighted by atomic mass is 10.0.